The van der Waals surface area contributed by atoms with Gasteiger partial charge in [-0.15, -0.1) is 10.2 Å². The summed E-state index contributed by atoms with van der Waals surface area (Å²) < 4.78 is 5.27. The van der Waals surface area contributed by atoms with E-state index in [0.717, 1.165) is 11.3 Å². The third kappa shape index (κ3) is 3.92. The summed E-state index contributed by atoms with van der Waals surface area (Å²) in [4.78, 5) is 11.9. The Balaban J connectivity index is 1.89. The number of ether oxygens (including phenoxy) is 1. The van der Waals surface area contributed by atoms with Crippen LogP contribution >= 0.6 is 0 Å². The van der Waals surface area contributed by atoms with Crippen molar-refractivity contribution in [2.45, 2.75) is 6.42 Å². The first-order valence-corrected chi connectivity index (χ1v) is 6.66. The Hall–Kier alpha value is -2.63. The first-order chi connectivity index (χ1) is 10.2. The summed E-state index contributed by atoms with van der Waals surface area (Å²) >= 11 is 0. The predicted molar refractivity (Wildman–Crippen MR) is 80.6 cm³/mol. The summed E-state index contributed by atoms with van der Waals surface area (Å²) in [5.41, 5.74) is 1.35. The minimum atomic E-state index is -0.236. The lowest BCUT2D eigenvalue weighted by Crippen LogP contribution is -2.26. The van der Waals surface area contributed by atoms with E-state index in [-0.39, 0.29) is 5.91 Å². The maximum absolute atomic E-state index is 11.9. The van der Waals surface area contributed by atoms with Gasteiger partial charge in [0.05, 0.1) is 7.11 Å². The number of carbonyl (C=O) groups is 1. The van der Waals surface area contributed by atoms with Crippen molar-refractivity contribution in [1.29, 1.82) is 0 Å². The molecule has 0 fully saturated rings. The monoisotopic (exact) mass is 286 g/mol. The Kier molecular flexibility index (Phi) is 5.09. The highest BCUT2D eigenvalue weighted by molar-refractivity contribution is 5.92. The summed E-state index contributed by atoms with van der Waals surface area (Å²) in [6.07, 6.45) is 0.692. The van der Waals surface area contributed by atoms with Crippen LogP contribution in [-0.4, -0.2) is 36.8 Å². The Labute approximate surface area is 123 Å². The van der Waals surface area contributed by atoms with Crippen molar-refractivity contribution in [1.82, 2.24) is 15.5 Å². The van der Waals surface area contributed by atoms with Gasteiger partial charge in [0.15, 0.2) is 5.69 Å². The molecule has 6 nitrogen and oxygen atoms in total. The van der Waals surface area contributed by atoms with Crippen LogP contribution in [0.3, 0.4) is 0 Å². The summed E-state index contributed by atoms with van der Waals surface area (Å²) in [7, 11) is 3.38. The van der Waals surface area contributed by atoms with Crippen LogP contribution in [0, 0.1) is 0 Å². The molecule has 2 aromatic rings. The Morgan fingerprint density at radius 3 is 2.67 bits per heavy atom. The van der Waals surface area contributed by atoms with Crippen molar-refractivity contribution in [3.8, 4) is 5.75 Å². The molecule has 0 saturated carbocycles. The molecule has 2 N–H and O–H groups in total. The molecule has 0 saturated heterocycles. The standard InChI is InChI=1S/C15H18N4O2/c1-16-14-8-7-12(18-19-14)15(20)17-10-9-11-5-3-4-6-13(11)21-2/h3-8H,9-10H2,1-2H3,(H,16,19)(H,17,20). The van der Waals surface area contributed by atoms with Gasteiger partial charge in [-0.05, 0) is 30.2 Å². The van der Waals surface area contributed by atoms with E-state index in [1.165, 1.54) is 0 Å². The van der Waals surface area contributed by atoms with Gasteiger partial charge in [0.2, 0.25) is 0 Å². The number of rotatable bonds is 6. The van der Waals surface area contributed by atoms with E-state index in [0.29, 0.717) is 24.5 Å². The maximum atomic E-state index is 11.9. The number of para-hydroxylation sites is 1. The molecule has 1 aromatic carbocycles. The van der Waals surface area contributed by atoms with E-state index in [1.54, 1.807) is 26.3 Å². The summed E-state index contributed by atoms with van der Waals surface area (Å²) in [6, 6.07) is 11.1. The highest BCUT2D eigenvalue weighted by Crippen LogP contribution is 2.17. The fraction of sp³-hybridized carbons (Fsp3) is 0.267. The molecule has 2 rings (SSSR count). The number of nitrogens with one attached hydrogen (secondary N) is 2. The third-order valence-corrected chi connectivity index (χ3v) is 3.03. The minimum Gasteiger partial charge on any atom is -0.496 e. The molecule has 0 unspecified atom stereocenters. The molecule has 0 radical (unpaired) electrons. The lowest BCUT2D eigenvalue weighted by atomic mass is 10.1. The minimum absolute atomic E-state index is 0.236. The number of hydrogen-bond acceptors (Lipinski definition) is 5. The zero-order valence-corrected chi connectivity index (χ0v) is 12.1. The largest absolute Gasteiger partial charge is 0.496 e. The third-order valence-electron chi connectivity index (χ3n) is 3.03. The summed E-state index contributed by atoms with van der Waals surface area (Å²) in [5.74, 6) is 1.21. The van der Waals surface area contributed by atoms with Crippen molar-refractivity contribution in [3.05, 3.63) is 47.7 Å². The Bertz CT molecular complexity index is 599. The number of methoxy groups -OCH3 is 1. The van der Waals surface area contributed by atoms with Crippen molar-refractivity contribution < 1.29 is 9.53 Å². The number of nitrogens with zero attached hydrogens (tertiary/aromatic N) is 2. The molecule has 0 aliphatic heterocycles. The number of amides is 1. The predicted octanol–water partition coefficient (Wildman–Crippen LogP) is 1.50. The molecular weight excluding hydrogens is 268 g/mol. The average Bonchev–Trinajstić information content (AvgIpc) is 2.55. The first-order valence-electron chi connectivity index (χ1n) is 6.66. The zero-order chi connectivity index (χ0) is 15.1. The molecule has 1 aromatic heterocycles. The van der Waals surface area contributed by atoms with Gasteiger partial charge in [-0.25, -0.2) is 0 Å². The van der Waals surface area contributed by atoms with E-state index in [2.05, 4.69) is 20.8 Å². The molecular formula is C15H18N4O2. The molecule has 1 heterocycles. The quantitative estimate of drug-likeness (QED) is 0.841. The highest BCUT2D eigenvalue weighted by Gasteiger charge is 2.08. The van der Waals surface area contributed by atoms with Crippen molar-refractivity contribution in [3.63, 3.8) is 0 Å². The number of anilines is 1. The lowest BCUT2D eigenvalue weighted by Gasteiger charge is -2.08. The van der Waals surface area contributed by atoms with Crippen LogP contribution in [0.15, 0.2) is 36.4 Å². The van der Waals surface area contributed by atoms with Crippen molar-refractivity contribution >= 4 is 11.7 Å². The molecule has 1 amide bonds. The van der Waals surface area contributed by atoms with Crippen LogP contribution < -0.4 is 15.4 Å². The number of benzene rings is 1. The number of hydrogen-bond donors (Lipinski definition) is 2. The van der Waals surface area contributed by atoms with E-state index >= 15 is 0 Å². The van der Waals surface area contributed by atoms with Crippen LogP contribution in [0.1, 0.15) is 16.1 Å². The lowest BCUT2D eigenvalue weighted by molar-refractivity contribution is 0.0948. The normalized spacial score (nSPS) is 10.0. The number of aromatic nitrogens is 2. The number of carbonyl (C=O) groups excluding carboxylic acids is 1. The van der Waals surface area contributed by atoms with Gasteiger partial charge in [-0.1, -0.05) is 18.2 Å². The van der Waals surface area contributed by atoms with Gasteiger partial charge in [-0.3, -0.25) is 4.79 Å². The smallest absolute Gasteiger partial charge is 0.271 e. The van der Waals surface area contributed by atoms with E-state index < -0.39 is 0 Å². The van der Waals surface area contributed by atoms with Crippen LogP contribution in [0.4, 0.5) is 5.82 Å². The van der Waals surface area contributed by atoms with Gasteiger partial charge in [0.1, 0.15) is 11.6 Å². The van der Waals surface area contributed by atoms with Gasteiger partial charge in [0.25, 0.3) is 5.91 Å². The second-order valence-corrected chi connectivity index (χ2v) is 4.37. The van der Waals surface area contributed by atoms with Gasteiger partial charge in [0, 0.05) is 13.6 Å². The highest BCUT2D eigenvalue weighted by atomic mass is 16.5. The van der Waals surface area contributed by atoms with E-state index in [4.69, 9.17) is 4.74 Å². The van der Waals surface area contributed by atoms with Crippen LogP contribution in [-0.2, 0) is 6.42 Å². The average molecular weight is 286 g/mol. The van der Waals surface area contributed by atoms with E-state index in [9.17, 15) is 4.79 Å². The molecule has 0 bridgehead atoms. The van der Waals surface area contributed by atoms with Crippen LogP contribution in [0.2, 0.25) is 0 Å². The SMILES string of the molecule is CNc1ccc(C(=O)NCCc2ccccc2OC)nn1. The fourth-order valence-corrected chi connectivity index (χ4v) is 1.90. The molecule has 21 heavy (non-hydrogen) atoms. The van der Waals surface area contributed by atoms with Crippen LogP contribution in [0.25, 0.3) is 0 Å². The van der Waals surface area contributed by atoms with Crippen molar-refractivity contribution in [2.75, 3.05) is 26.0 Å². The Morgan fingerprint density at radius 1 is 1.19 bits per heavy atom. The van der Waals surface area contributed by atoms with Crippen LogP contribution in [0.5, 0.6) is 5.75 Å². The molecule has 0 spiro atoms. The molecule has 0 atom stereocenters. The second kappa shape index (κ2) is 7.23. The maximum Gasteiger partial charge on any atom is 0.271 e. The summed E-state index contributed by atoms with van der Waals surface area (Å²) in [5, 5.41) is 13.4. The van der Waals surface area contributed by atoms with Gasteiger partial charge >= 0.3 is 0 Å². The molecule has 110 valence electrons. The van der Waals surface area contributed by atoms with Gasteiger partial charge in [-0.2, -0.15) is 0 Å². The van der Waals surface area contributed by atoms with E-state index in [1.807, 2.05) is 24.3 Å². The summed E-state index contributed by atoms with van der Waals surface area (Å²) in [6.45, 7) is 0.509. The molecule has 6 heteroatoms. The first kappa shape index (κ1) is 14.8. The van der Waals surface area contributed by atoms with Crippen molar-refractivity contribution in [2.24, 2.45) is 0 Å². The van der Waals surface area contributed by atoms with Gasteiger partial charge < -0.3 is 15.4 Å². The molecule has 0 aliphatic rings. The topological polar surface area (TPSA) is 76.1 Å². The zero-order valence-electron chi connectivity index (χ0n) is 12.1. The Morgan fingerprint density at radius 2 is 2.00 bits per heavy atom. The second-order valence-electron chi connectivity index (χ2n) is 4.37. The fourth-order valence-electron chi connectivity index (χ4n) is 1.90. The molecule has 0 aliphatic carbocycles.